The molecule has 16 heavy (non-hydrogen) atoms. The highest BCUT2D eigenvalue weighted by atomic mass is 15.1. The van der Waals surface area contributed by atoms with E-state index in [1.165, 1.54) is 0 Å². The number of nitrogens with two attached hydrogens (primary N) is 1. The molecule has 3 N–H and O–H groups in total. The summed E-state index contributed by atoms with van der Waals surface area (Å²) in [7, 11) is 0. The molecule has 0 aliphatic rings. The quantitative estimate of drug-likeness (QED) is 0.809. The molecular formula is C11H15N5. The molecular weight excluding hydrogens is 202 g/mol. The highest BCUT2D eigenvalue weighted by Crippen LogP contribution is 2.11. The third-order valence-electron chi connectivity index (χ3n) is 2.36. The van der Waals surface area contributed by atoms with Gasteiger partial charge in [0.2, 0.25) is 0 Å². The number of rotatable bonds is 4. The van der Waals surface area contributed by atoms with E-state index in [1.54, 1.807) is 12.5 Å². The zero-order chi connectivity index (χ0) is 11.4. The summed E-state index contributed by atoms with van der Waals surface area (Å²) < 4.78 is 2.01. The Hall–Kier alpha value is -2.04. The number of aryl methyl sites for hydroxylation is 1. The van der Waals surface area contributed by atoms with Gasteiger partial charge in [-0.2, -0.15) is 0 Å². The molecule has 0 saturated heterocycles. The van der Waals surface area contributed by atoms with Gasteiger partial charge in [-0.15, -0.1) is 0 Å². The first kappa shape index (κ1) is 10.5. The van der Waals surface area contributed by atoms with Gasteiger partial charge < -0.3 is 15.6 Å². The summed E-state index contributed by atoms with van der Waals surface area (Å²) in [5.74, 6) is 0.854. The van der Waals surface area contributed by atoms with Crippen molar-refractivity contribution in [3.8, 4) is 0 Å². The molecule has 5 heteroatoms. The van der Waals surface area contributed by atoms with E-state index in [4.69, 9.17) is 5.73 Å². The lowest BCUT2D eigenvalue weighted by Crippen LogP contribution is -2.10. The number of aromatic nitrogens is 3. The molecule has 2 aromatic rings. The number of imidazole rings is 1. The van der Waals surface area contributed by atoms with Crippen LogP contribution in [-0.2, 0) is 6.54 Å². The molecule has 0 aliphatic heterocycles. The lowest BCUT2D eigenvalue weighted by atomic mass is 10.3. The number of nitrogens with zero attached hydrogens (tertiary/aromatic N) is 3. The van der Waals surface area contributed by atoms with Crippen molar-refractivity contribution in [2.75, 3.05) is 17.6 Å². The van der Waals surface area contributed by atoms with E-state index in [1.807, 2.05) is 29.8 Å². The number of hydrogen-bond donors (Lipinski definition) is 2. The van der Waals surface area contributed by atoms with Crippen molar-refractivity contribution < 1.29 is 0 Å². The zero-order valence-corrected chi connectivity index (χ0v) is 9.22. The van der Waals surface area contributed by atoms with Gasteiger partial charge in [-0.05, 0) is 19.1 Å². The predicted octanol–water partition coefficient (Wildman–Crippen LogP) is 1.28. The summed E-state index contributed by atoms with van der Waals surface area (Å²) in [6.45, 7) is 3.58. The van der Waals surface area contributed by atoms with Crippen LogP contribution in [0.25, 0.3) is 0 Å². The van der Waals surface area contributed by atoms with Crippen molar-refractivity contribution in [3.63, 3.8) is 0 Å². The molecule has 0 radical (unpaired) electrons. The Morgan fingerprint density at radius 2 is 2.31 bits per heavy atom. The molecule has 0 saturated carbocycles. The second-order valence-electron chi connectivity index (χ2n) is 3.60. The van der Waals surface area contributed by atoms with Gasteiger partial charge in [-0.25, -0.2) is 9.97 Å². The Morgan fingerprint density at radius 3 is 3.00 bits per heavy atom. The van der Waals surface area contributed by atoms with Gasteiger partial charge in [0.25, 0.3) is 0 Å². The van der Waals surface area contributed by atoms with Gasteiger partial charge in [0, 0.05) is 25.5 Å². The van der Waals surface area contributed by atoms with Crippen LogP contribution in [0, 0.1) is 6.92 Å². The van der Waals surface area contributed by atoms with Gasteiger partial charge in [0.1, 0.15) is 5.82 Å². The summed E-state index contributed by atoms with van der Waals surface area (Å²) in [4.78, 5) is 8.31. The van der Waals surface area contributed by atoms with Gasteiger partial charge in [0.15, 0.2) is 0 Å². The fourth-order valence-corrected chi connectivity index (χ4v) is 1.40. The van der Waals surface area contributed by atoms with Crippen LogP contribution in [0.4, 0.5) is 11.5 Å². The van der Waals surface area contributed by atoms with Gasteiger partial charge in [-0.3, -0.25) is 0 Å². The summed E-state index contributed by atoms with van der Waals surface area (Å²) in [5, 5.41) is 3.24. The predicted molar refractivity (Wildman–Crippen MR) is 64.1 cm³/mol. The molecule has 2 heterocycles. The SMILES string of the molecule is Cc1nc(NCCn2ccnc2)ccc1N. The molecule has 2 rings (SSSR count). The largest absolute Gasteiger partial charge is 0.397 e. The van der Waals surface area contributed by atoms with E-state index in [9.17, 15) is 0 Å². The second kappa shape index (κ2) is 4.65. The molecule has 5 nitrogen and oxygen atoms in total. The maximum absolute atomic E-state index is 5.69. The monoisotopic (exact) mass is 217 g/mol. The smallest absolute Gasteiger partial charge is 0.126 e. The fourth-order valence-electron chi connectivity index (χ4n) is 1.40. The van der Waals surface area contributed by atoms with Crippen molar-refractivity contribution in [2.45, 2.75) is 13.5 Å². The average molecular weight is 217 g/mol. The number of anilines is 2. The van der Waals surface area contributed by atoms with Crippen LogP contribution in [0.5, 0.6) is 0 Å². The molecule has 0 amide bonds. The van der Waals surface area contributed by atoms with Crippen LogP contribution in [-0.4, -0.2) is 21.1 Å². The van der Waals surface area contributed by atoms with Crippen LogP contribution in [0.3, 0.4) is 0 Å². The molecule has 84 valence electrons. The molecule has 0 atom stereocenters. The minimum Gasteiger partial charge on any atom is -0.397 e. The third-order valence-corrected chi connectivity index (χ3v) is 2.36. The van der Waals surface area contributed by atoms with Crippen LogP contribution in [0.15, 0.2) is 30.9 Å². The van der Waals surface area contributed by atoms with Crippen molar-refractivity contribution in [1.29, 1.82) is 0 Å². The van der Waals surface area contributed by atoms with Gasteiger partial charge in [-0.1, -0.05) is 0 Å². The van der Waals surface area contributed by atoms with Crippen LogP contribution in [0.1, 0.15) is 5.69 Å². The molecule has 0 fully saturated rings. The standard InChI is InChI=1S/C11H15N5/c1-9-10(12)2-3-11(15-9)14-5-7-16-6-4-13-8-16/h2-4,6,8H,5,7,12H2,1H3,(H,14,15). The molecule has 0 unspecified atom stereocenters. The summed E-state index contributed by atoms with van der Waals surface area (Å²) in [6, 6.07) is 3.75. The summed E-state index contributed by atoms with van der Waals surface area (Å²) in [6.07, 6.45) is 5.50. The first-order chi connectivity index (χ1) is 7.75. The average Bonchev–Trinajstić information content (AvgIpc) is 2.76. The molecule has 0 bridgehead atoms. The van der Waals surface area contributed by atoms with E-state index in [0.29, 0.717) is 0 Å². The van der Waals surface area contributed by atoms with E-state index in [-0.39, 0.29) is 0 Å². The number of nitrogens with one attached hydrogen (secondary N) is 1. The first-order valence-corrected chi connectivity index (χ1v) is 5.18. The van der Waals surface area contributed by atoms with E-state index >= 15 is 0 Å². The maximum Gasteiger partial charge on any atom is 0.126 e. The van der Waals surface area contributed by atoms with Crippen LogP contribution < -0.4 is 11.1 Å². The minimum atomic E-state index is 0.722. The third kappa shape index (κ3) is 2.50. The Balaban J connectivity index is 1.87. The Labute approximate surface area is 94.3 Å². The Kier molecular flexibility index (Phi) is 3.05. The Bertz CT molecular complexity index is 449. The number of nitrogen functional groups attached to an aromatic ring is 1. The summed E-state index contributed by atoms with van der Waals surface area (Å²) in [5.41, 5.74) is 7.27. The summed E-state index contributed by atoms with van der Waals surface area (Å²) >= 11 is 0. The number of pyridine rings is 1. The topological polar surface area (TPSA) is 68.8 Å². The van der Waals surface area contributed by atoms with Crippen molar-refractivity contribution in [2.24, 2.45) is 0 Å². The van der Waals surface area contributed by atoms with E-state index in [0.717, 1.165) is 30.3 Å². The zero-order valence-electron chi connectivity index (χ0n) is 9.22. The first-order valence-electron chi connectivity index (χ1n) is 5.18. The van der Waals surface area contributed by atoms with Crippen molar-refractivity contribution >= 4 is 11.5 Å². The molecule has 2 aromatic heterocycles. The molecule has 0 spiro atoms. The minimum absolute atomic E-state index is 0.722. The van der Waals surface area contributed by atoms with E-state index in [2.05, 4.69) is 15.3 Å². The van der Waals surface area contributed by atoms with Gasteiger partial charge in [0.05, 0.1) is 17.7 Å². The lowest BCUT2D eigenvalue weighted by molar-refractivity contribution is 0.725. The second-order valence-corrected chi connectivity index (χ2v) is 3.60. The fraction of sp³-hybridized carbons (Fsp3) is 0.273. The maximum atomic E-state index is 5.69. The van der Waals surface area contributed by atoms with Gasteiger partial charge >= 0.3 is 0 Å². The van der Waals surface area contributed by atoms with Crippen molar-refractivity contribution in [1.82, 2.24) is 14.5 Å². The van der Waals surface area contributed by atoms with E-state index < -0.39 is 0 Å². The number of hydrogen-bond acceptors (Lipinski definition) is 4. The van der Waals surface area contributed by atoms with Crippen LogP contribution >= 0.6 is 0 Å². The normalized spacial score (nSPS) is 10.3. The van der Waals surface area contributed by atoms with Crippen molar-refractivity contribution in [3.05, 3.63) is 36.5 Å². The lowest BCUT2D eigenvalue weighted by Gasteiger charge is -2.07. The highest BCUT2D eigenvalue weighted by Gasteiger charge is 1.97. The molecule has 0 aromatic carbocycles. The van der Waals surface area contributed by atoms with Crippen LogP contribution in [0.2, 0.25) is 0 Å². The molecule has 0 aliphatic carbocycles. The Morgan fingerprint density at radius 1 is 1.44 bits per heavy atom. The highest BCUT2D eigenvalue weighted by molar-refractivity contribution is 5.48.